The Hall–Kier alpha value is -1.84. The molecule has 3 heteroatoms. The Morgan fingerprint density at radius 2 is 1.72 bits per heavy atom. The molecule has 0 bridgehead atoms. The summed E-state index contributed by atoms with van der Waals surface area (Å²) < 4.78 is 10.6. The molecule has 18 heavy (non-hydrogen) atoms. The Bertz CT molecular complexity index is 482. The second-order valence-electron chi connectivity index (χ2n) is 3.96. The standard InChI is InChI=1S/C15H16O3/c1-17-11-15(16)12-6-5-9-14(10-12)18-13-7-3-2-4-8-13/h2-10,15-16H,11H2,1H3. The molecule has 1 unspecified atom stereocenters. The number of hydrogen-bond donors (Lipinski definition) is 1. The molecule has 94 valence electrons. The molecule has 0 spiro atoms. The van der Waals surface area contributed by atoms with Crippen LogP contribution in [0.3, 0.4) is 0 Å². The maximum Gasteiger partial charge on any atom is 0.127 e. The molecule has 0 aromatic heterocycles. The van der Waals surface area contributed by atoms with Crippen molar-refractivity contribution in [2.45, 2.75) is 6.10 Å². The molecule has 0 heterocycles. The number of aliphatic hydroxyl groups is 1. The van der Waals surface area contributed by atoms with E-state index in [1.54, 1.807) is 7.11 Å². The van der Waals surface area contributed by atoms with E-state index in [1.807, 2.05) is 54.6 Å². The fourth-order valence-corrected chi connectivity index (χ4v) is 1.66. The number of methoxy groups -OCH3 is 1. The van der Waals surface area contributed by atoms with E-state index >= 15 is 0 Å². The van der Waals surface area contributed by atoms with E-state index in [2.05, 4.69) is 0 Å². The van der Waals surface area contributed by atoms with Gasteiger partial charge in [-0.2, -0.15) is 0 Å². The van der Waals surface area contributed by atoms with Gasteiger partial charge in [-0.05, 0) is 29.8 Å². The van der Waals surface area contributed by atoms with Gasteiger partial charge in [-0.1, -0.05) is 30.3 Å². The lowest BCUT2D eigenvalue weighted by Crippen LogP contribution is -2.04. The Morgan fingerprint density at radius 1 is 1.00 bits per heavy atom. The Labute approximate surface area is 107 Å². The molecule has 0 aliphatic rings. The summed E-state index contributed by atoms with van der Waals surface area (Å²) in [6.45, 7) is 0.273. The van der Waals surface area contributed by atoms with Crippen molar-refractivity contribution in [3.63, 3.8) is 0 Å². The molecule has 0 aliphatic carbocycles. The van der Waals surface area contributed by atoms with Gasteiger partial charge in [-0.15, -0.1) is 0 Å². The molecule has 0 saturated heterocycles. The first kappa shape index (κ1) is 12.6. The molecule has 1 atom stereocenters. The molecule has 0 amide bonds. The van der Waals surface area contributed by atoms with Gasteiger partial charge in [-0.25, -0.2) is 0 Å². The molecule has 2 aromatic carbocycles. The highest BCUT2D eigenvalue weighted by Crippen LogP contribution is 2.24. The Morgan fingerprint density at radius 3 is 2.44 bits per heavy atom. The van der Waals surface area contributed by atoms with E-state index in [9.17, 15) is 5.11 Å². The van der Waals surface area contributed by atoms with Crippen molar-refractivity contribution >= 4 is 0 Å². The SMILES string of the molecule is COCC(O)c1cccc(Oc2ccccc2)c1. The van der Waals surface area contributed by atoms with Gasteiger partial charge in [0.05, 0.1) is 6.61 Å². The molecular weight excluding hydrogens is 228 g/mol. The average Bonchev–Trinajstić information content (AvgIpc) is 2.40. The first-order valence-electron chi connectivity index (χ1n) is 5.79. The minimum atomic E-state index is -0.630. The summed E-state index contributed by atoms with van der Waals surface area (Å²) in [5, 5.41) is 9.83. The van der Waals surface area contributed by atoms with Crippen LogP contribution in [-0.4, -0.2) is 18.8 Å². The number of hydrogen-bond acceptors (Lipinski definition) is 3. The predicted octanol–water partition coefficient (Wildman–Crippen LogP) is 3.16. The monoisotopic (exact) mass is 244 g/mol. The highest BCUT2D eigenvalue weighted by Gasteiger charge is 2.08. The van der Waals surface area contributed by atoms with Crippen LogP contribution in [0.4, 0.5) is 0 Å². The van der Waals surface area contributed by atoms with Crippen molar-refractivity contribution in [3.8, 4) is 11.5 Å². The zero-order valence-electron chi connectivity index (χ0n) is 10.2. The fourth-order valence-electron chi connectivity index (χ4n) is 1.66. The third kappa shape index (κ3) is 3.32. The fraction of sp³-hybridized carbons (Fsp3) is 0.200. The van der Waals surface area contributed by atoms with Crippen molar-refractivity contribution in [3.05, 3.63) is 60.2 Å². The lowest BCUT2D eigenvalue weighted by Gasteiger charge is -2.11. The topological polar surface area (TPSA) is 38.7 Å². The van der Waals surface area contributed by atoms with Gasteiger partial charge in [-0.3, -0.25) is 0 Å². The van der Waals surface area contributed by atoms with Crippen LogP contribution in [0.15, 0.2) is 54.6 Å². The lowest BCUT2D eigenvalue weighted by molar-refractivity contribution is 0.0643. The van der Waals surface area contributed by atoms with E-state index in [0.29, 0.717) is 5.75 Å². The van der Waals surface area contributed by atoms with Crippen LogP contribution >= 0.6 is 0 Å². The zero-order valence-corrected chi connectivity index (χ0v) is 10.2. The summed E-state index contributed by atoms with van der Waals surface area (Å²) in [5.74, 6) is 1.48. The first-order valence-corrected chi connectivity index (χ1v) is 5.79. The maximum absolute atomic E-state index is 9.83. The second-order valence-corrected chi connectivity index (χ2v) is 3.96. The summed E-state index contributed by atoms with van der Waals surface area (Å²) >= 11 is 0. The van der Waals surface area contributed by atoms with Gasteiger partial charge >= 0.3 is 0 Å². The van der Waals surface area contributed by atoms with Crippen molar-refractivity contribution in [2.24, 2.45) is 0 Å². The quantitative estimate of drug-likeness (QED) is 0.878. The number of ether oxygens (including phenoxy) is 2. The van der Waals surface area contributed by atoms with E-state index in [0.717, 1.165) is 11.3 Å². The van der Waals surface area contributed by atoms with Crippen molar-refractivity contribution < 1.29 is 14.6 Å². The molecule has 0 aliphatic heterocycles. The number of benzene rings is 2. The van der Waals surface area contributed by atoms with Crippen LogP contribution in [0.1, 0.15) is 11.7 Å². The van der Waals surface area contributed by atoms with Crippen LogP contribution in [0.25, 0.3) is 0 Å². The third-order valence-corrected chi connectivity index (χ3v) is 2.55. The first-order chi connectivity index (χ1) is 8.79. The minimum Gasteiger partial charge on any atom is -0.457 e. The van der Waals surface area contributed by atoms with Crippen molar-refractivity contribution in [1.29, 1.82) is 0 Å². The van der Waals surface area contributed by atoms with Gasteiger partial charge < -0.3 is 14.6 Å². The molecule has 1 N–H and O–H groups in total. The van der Waals surface area contributed by atoms with Gasteiger partial charge in [0, 0.05) is 7.11 Å². The highest BCUT2D eigenvalue weighted by molar-refractivity contribution is 5.34. The summed E-state index contributed by atoms with van der Waals surface area (Å²) in [4.78, 5) is 0. The van der Waals surface area contributed by atoms with E-state index < -0.39 is 6.10 Å². The van der Waals surface area contributed by atoms with Gasteiger partial charge in [0.1, 0.15) is 17.6 Å². The summed E-state index contributed by atoms with van der Waals surface area (Å²) in [6, 6.07) is 16.9. The van der Waals surface area contributed by atoms with Crippen LogP contribution in [0.5, 0.6) is 11.5 Å². The van der Waals surface area contributed by atoms with Gasteiger partial charge in [0.15, 0.2) is 0 Å². The minimum absolute atomic E-state index is 0.273. The number of para-hydroxylation sites is 1. The van der Waals surface area contributed by atoms with Crippen LogP contribution < -0.4 is 4.74 Å². The van der Waals surface area contributed by atoms with Gasteiger partial charge in [0.2, 0.25) is 0 Å². The number of aliphatic hydroxyl groups excluding tert-OH is 1. The Kier molecular flexibility index (Phi) is 4.34. The summed E-state index contributed by atoms with van der Waals surface area (Å²) in [6.07, 6.45) is -0.630. The third-order valence-electron chi connectivity index (χ3n) is 2.55. The summed E-state index contributed by atoms with van der Waals surface area (Å²) in [7, 11) is 1.56. The van der Waals surface area contributed by atoms with E-state index in [-0.39, 0.29) is 6.61 Å². The second kappa shape index (κ2) is 6.19. The van der Waals surface area contributed by atoms with E-state index in [1.165, 1.54) is 0 Å². The van der Waals surface area contributed by atoms with E-state index in [4.69, 9.17) is 9.47 Å². The maximum atomic E-state index is 9.83. The van der Waals surface area contributed by atoms with Gasteiger partial charge in [0.25, 0.3) is 0 Å². The molecule has 2 rings (SSSR count). The highest BCUT2D eigenvalue weighted by atomic mass is 16.5. The van der Waals surface area contributed by atoms with Crippen molar-refractivity contribution in [1.82, 2.24) is 0 Å². The summed E-state index contributed by atoms with van der Waals surface area (Å²) in [5.41, 5.74) is 0.783. The molecular formula is C15H16O3. The van der Waals surface area contributed by atoms with Crippen molar-refractivity contribution in [2.75, 3.05) is 13.7 Å². The average molecular weight is 244 g/mol. The molecule has 0 radical (unpaired) electrons. The molecule has 0 saturated carbocycles. The molecule has 2 aromatic rings. The molecule has 0 fully saturated rings. The normalized spacial score (nSPS) is 12.1. The smallest absolute Gasteiger partial charge is 0.127 e. The molecule has 3 nitrogen and oxygen atoms in total. The van der Waals surface area contributed by atoms with Crippen LogP contribution in [0.2, 0.25) is 0 Å². The largest absolute Gasteiger partial charge is 0.457 e. The zero-order chi connectivity index (χ0) is 12.8. The predicted molar refractivity (Wildman–Crippen MR) is 69.8 cm³/mol. The lowest BCUT2D eigenvalue weighted by atomic mass is 10.1. The van der Waals surface area contributed by atoms with Crippen LogP contribution in [0, 0.1) is 0 Å². The number of rotatable bonds is 5. The van der Waals surface area contributed by atoms with Crippen LogP contribution in [-0.2, 0) is 4.74 Å². The Balaban J connectivity index is 2.12.